The number of carbonyl (C=O) groups excluding carboxylic acids is 1. The summed E-state index contributed by atoms with van der Waals surface area (Å²) in [5, 5.41) is 14.3. The molecule has 2 fully saturated rings. The number of benzene rings is 1. The fourth-order valence-corrected chi connectivity index (χ4v) is 3.41. The Morgan fingerprint density at radius 2 is 2.10 bits per heavy atom. The molecule has 0 aliphatic carbocycles. The molecule has 1 aromatic rings. The maximum atomic E-state index is 12.9. The molecule has 6 nitrogen and oxygen atoms in total. The topological polar surface area (TPSA) is 75.5 Å². The molecule has 2 aliphatic heterocycles. The molecule has 21 heavy (non-hydrogen) atoms. The van der Waals surface area contributed by atoms with Crippen LogP contribution in [0, 0.1) is 17.0 Å². The fourth-order valence-electron chi connectivity index (χ4n) is 3.41. The van der Waals surface area contributed by atoms with Gasteiger partial charge in [0.25, 0.3) is 11.6 Å². The van der Waals surface area contributed by atoms with Crippen LogP contribution in [-0.2, 0) is 0 Å². The molecule has 0 saturated carbocycles. The molecule has 2 atom stereocenters. The summed E-state index contributed by atoms with van der Waals surface area (Å²) in [6, 6.07) is 4.99. The van der Waals surface area contributed by atoms with E-state index in [0.29, 0.717) is 5.56 Å². The third-order valence-electron chi connectivity index (χ3n) is 4.55. The van der Waals surface area contributed by atoms with Gasteiger partial charge in [-0.25, -0.2) is 0 Å². The molecule has 2 bridgehead atoms. The van der Waals surface area contributed by atoms with E-state index in [0.717, 1.165) is 37.9 Å². The summed E-state index contributed by atoms with van der Waals surface area (Å²) in [4.78, 5) is 25.3. The van der Waals surface area contributed by atoms with Crippen molar-refractivity contribution >= 4 is 11.6 Å². The van der Waals surface area contributed by atoms with Gasteiger partial charge in [-0.2, -0.15) is 0 Å². The number of rotatable bonds is 2. The molecule has 2 aliphatic rings. The van der Waals surface area contributed by atoms with Crippen molar-refractivity contribution in [2.75, 3.05) is 13.1 Å². The van der Waals surface area contributed by atoms with Crippen molar-refractivity contribution in [3.63, 3.8) is 0 Å². The van der Waals surface area contributed by atoms with Crippen LogP contribution in [0.3, 0.4) is 0 Å². The van der Waals surface area contributed by atoms with Crippen LogP contribution in [-0.4, -0.2) is 40.9 Å². The number of nitro benzene ring substituents is 1. The highest BCUT2D eigenvalue weighted by atomic mass is 16.6. The van der Waals surface area contributed by atoms with Gasteiger partial charge in [-0.05, 0) is 38.3 Å². The van der Waals surface area contributed by atoms with Gasteiger partial charge in [0.2, 0.25) is 0 Å². The smallest absolute Gasteiger partial charge is 0.270 e. The number of hydrogen-bond donors (Lipinski definition) is 1. The van der Waals surface area contributed by atoms with Gasteiger partial charge in [-0.15, -0.1) is 0 Å². The minimum atomic E-state index is -0.450. The SMILES string of the molecule is Cc1ccc([N+](=O)[O-])cc1C(=O)N1C2CCNCC1CC2. The van der Waals surface area contributed by atoms with Crippen molar-refractivity contribution in [3.05, 3.63) is 39.4 Å². The normalized spacial score (nSPS) is 24.7. The Morgan fingerprint density at radius 1 is 1.33 bits per heavy atom. The summed E-state index contributed by atoms with van der Waals surface area (Å²) in [5.74, 6) is -0.0626. The van der Waals surface area contributed by atoms with E-state index in [4.69, 9.17) is 0 Å². The molecule has 112 valence electrons. The zero-order chi connectivity index (χ0) is 15.0. The Balaban J connectivity index is 1.94. The Kier molecular flexibility index (Phi) is 3.63. The lowest BCUT2D eigenvalue weighted by atomic mass is 10.1. The van der Waals surface area contributed by atoms with Gasteiger partial charge in [0.05, 0.1) is 4.92 Å². The monoisotopic (exact) mass is 289 g/mol. The number of amides is 1. The second-order valence-corrected chi connectivity index (χ2v) is 5.85. The van der Waals surface area contributed by atoms with E-state index >= 15 is 0 Å². The number of nitrogens with zero attached hydrogens (tertiary/aromatic N) is 2. The van der Waals surface area contributed by atoms with Crippen LogP contribution >= 0.6 is 0 Å². The predicted molar refractivity (Wildman–Crippen MR) is 78.3 cm³/mol. The van der Waals surface area contributed by atoms with Crippen LogP contribution < -0.4 is 5.32 Å². The maximum absolute atomic E-state index is 12.9. The minimum Gasteiger partial charge on any atom is -0.331 e. The summed E-state index contributed by atoms with van der Waals surface area (Å²) >= 11 is 0. The van der Waals surface area contributed by atoms with Crippen molar-refractivity contribution in [1.82, 2.24) is 10.2 Å². The quantitative estimate of drug-likeness (QED) is 0.666. The molecule has 2 unspecified atom stereocenters. The third kappa shape index (κ3) is 2.51. The molecule has 2 heterocycles. The van der Waals surface area contributed by atoms with E-state index in [2.05, 4.69) is 5.32 Å². The van der Waals surface area contributed by atoms with E-state index in [9.17, 15) is 14.9 Å². The van der Waals surface area contributed by atoms with Gasteiger partial charge in [0, 0.05) is 36.3 Å². The van der Waals surface area contributed by atoms with Crippen LogP contribution in [0.5, 0.6) is 0 Å². The molecule has 1 aromatic carbocycles. The lowest BCUT2D eigenvalue weighted by molar-refractivity contribution is -0.384. The van der Waals surface area contributed by atoms with Crippen molar-refractivity contribution in [2.24, 2.45) is 0 Å². The summed E-state index contributed by atoms with van der Waals surface area (Å²) < 4.78 is 0. The van der Waals surface area contributed by atoms with Gasteiger partial charge in [0.1, 0.15) is 0 Å². The van der Waals surface area contributed by atoms with E-state index in [1.807, 2.05) is 11.8 Å². The van der Waals surface area contributed by atoms with Gasteiger partial charge >= 0.3 is 0 Å². The fraction of sp³-hybridized carbons (Fsp3) is 0.533. The van der Waals surface area contributed by atoms with Crippen LogP contribution in [0.15, 0.2) is 18.2 Å². The maximum Gasteiger partial charge on any atom is 0.270 e. The molecule has 1 amide bonds. The van der Waals surface area contributed by atoms with Crippen LogP contribution in [0.2, 0.25) is 0 Å². The molecule has 0 spiro atoms. The molecule has 1 N–H and O–H groups in total. The number of fused-ring (bicyclic) bond motifs is 2. The number of nitro groups is 1. The molecule has 3 rings (SSSR count). The van der Waals surface area contributed by atoms with Crippen molar-refractivity contribution in [2.45, 2.75) is 38.3 Å². The molecule has 2 saturated heterocycles. The average Bonchev–Trinajstić information content (AvgIpc) is 2.71. The summed E-state index contributed by atoms with van der Waals surface area (Å²) in [6.07, 6.45) is 3.00. The molecule has 0 aromatic heterocycles. The molecular weight excluding hydrogens is 270 g/mol. The highest BCUT2D eigenvalue weighted by Crippen LogP contribution is 2.31. The first-order valence-corrected chi connectivity index (χ1v) is 7.36. The third-order valence-corrected chi connectivity index (χ3v) is 4.55. The highest BCUT2D eigenvalue weighted by Gasteiger charge is 2.38. The van der Waals surface area contributed by atoms with E-state index < -0.39 is 4.92 Å². The second kappa shape index (κ2) is 5.44. The number of carbonyl (C=O) groups is 1. The summed E-state index contributed by atoms with van der Waals surface area (Å²) in [5.41, 5.74) is 1.23. The standard InChI is InChI=1S/C15H19N3O3/c1-10-2-3-12(18(20)21)8-14(10)15(19)17-11-4-5-13(17)9-16-7-6-11/h2-3,8,11,13,16H,4-7,9H2,1H3. The van der Waals surface area contributed by atoms with Crippen molar-refractivity contribution in [1.29, 1.82) is 0 Å². The van der Waals surface area contributed by atoms with E-state index in [1.54, 1.807) is 6.07 Å². The average molecular weight is 289 g/mol. The minimum absolute atomic E-state index is 0.0238. The number of non-ortho nitro benzene ring substituents is 1. The second-order valence-electron chi connectivity index (χ2n) is 5.85. The van der Waals surface area contributed by atoms with Gasteiger partial charge in [-0.3, -0.25) is 14.9 Å². The molecule has 6 heteroatoms. The van der Waals surface area contributed by atoms with Crippen LogP contribution in [0.1, 0.15) is 35.2 Å². The Hall–Kier alpha value is -1.95. The first kappa shape index (κ1) is 14.0. The van der Waals surface area contributed by atoms with E-state index in [-0.39, 0.29) is 23.7 Å². The first-order chi connectivity index (χ1) is 10.1. The van der Waals surface area contributed by atoms with Crippen molar-refractivity contribution in [3.8, 4) is 0 Å². The number of aryl methyl sites for hydroxylation is 1. The number of hydrogen-bond acceptors (Lipinski definition) is 4. The van der Waals surface area contributed by atoms with Crippen molar-refractivity contribution < 1.29 is 9.72 Å². The Bertz CT molecular complexity index is 574. The van der Waals surface area contributed by atoms with Gasteiger partial charge in [-0.1, -0.05) is 6.07 Å². The Morgan fingerprint density at radius 3 is 2.86 bits per heavy atom. The van der Waals surface area contributed by atoms with Gasteiger partial charge in [0.15, 0.2) is 0 Å². The largest absolute Gasteiger partial charge is 0.331 e. The lowest BCUT2D eigenvalue weighted by Gasteiger charge is -2.28. The zero-order valence-corrected chi connectivity index (χ0v) is 12.0. The zero-order valence-electron chi connectivity index (χ0n) is 12.0. The first-order valence-electron chi connectivity index (χ1n) is 7.36. The number of nitrogens with one attached hydrogen (secondary N) is 1. The molecular formula is C15H19N3O3. The van der Waals surface area contributed by atoms with Gasteiger partial charge < -0.3 is 10.2 Å². The van der Waals surface area contributed by atoms with Crippen LogP contribution in [0.4, 0.5) is 5.69 Å². The van der Waals surface area contributed by atoms with E-state index in [1.165, 1.54) is 12.1 Å². The summed E-state index contributed by atoms with van der Waals surface area (Å²) in [7, 11) is 0. The highest BCUT2D eigenvalue weighted by molar-refractivity contribution is 5.97. The van der Waals surface area contributed by atoms with Crippen LogP contribution in [0.25, 0.3) is 0 Å². The lowest BCUT2D eigenvalue weighted by Crippen LogP contribution is -2.42. The predicted octanol–water partition coefficient (Wildman–Crippen LogP) is 1.87. The Labute approximate surface area is 123 Å². The summed E-state index contributed by atoms with van der Waals surface area (Å²) in [6.45, 7) is 3.57. The molecule has 0 radical (unpaired) electrons.